The summed E-state index contributed by atoms with van der Waals surface area (Å²) in [5, 5.41) is 26.1. The van der Waals surface area contributed by atoms with Crippen LogP contribution in [-0.2, 0) is 14.3 Å². The second-order valence-corrected chi connectivity index (χ2v) is 19.1. The van der Waals surface area contributed by atoms with E-state index >= 15 is 0 Å². The molecule has 56 heavy (non-hydrogen) atoms. The number of allylic oxidation sites excluding steroid dienone is 1. The summed E-state index contributed by atoms with van der Waals surface area (Å²) in [5.74, 6) is 8.26. The van der Waals surface area contributed by atoms with E-state index in [2.05, 4.69) is 75.0 Å². The zero-order chi connectivity index (χ0) is 38.3. The second kappa shape index (κ2) is 16.9. The molecule has 0 spiro atoms. The second-order valence-electron chi connectivity index (χ2n) is 19.1. The minimum absolute atomic E-state index is 0.0425. The monoisotopic (exact) mass is 769 g/mol. The molecule has 0 radical (unpaired) electrons. The third-order valence-corrected chi connectivity index (χ3v) is 14.8. The summed E-state index contributed by atoms with van der Waals surface area (Å²) in [6.07, 6.45) is 21.4. The Kier molecular flexibility index (Phi) is 11.7. The Morgan fingerprint density at radius 2 is 1.79 bits per heavy atom. The lowest BCUT2D eigenvalue weighted by molar-refractivity contribution is -0.123. The number of hydrogen-bond acceptors (Lipinski definition) is 9. The van der Waals surface area contributed by atoms with Gasteiger partial charge in [0.2, 0.25) is 5.91 Å². The van der Waals surface area contributed by atoms with E-state index in [9.17, 15) is 9.90 Å². The number of hydrogen-bond donors (Lipinski definition) is 5. The summed E-state index contributed by atoms with van der Waals surface area (Å²) in [5.41, 5.74) is 6.68. The van der Waals surface area contributed by atoms with Gasteiger partial charge in [-0.25, -0.2) is 0 Å². The van der Waals surface area contributed by atoms with Crippen LogP contribution in [0.3, 0.4) is 0 Å². The van der Waals surface area contributed by atoms with Gasteiger partial charge in [-0.15, -0.1) is 5.92 Å². The Morgan fingerprint density at radius 3 is 2.68 bits per heavy atom. The highest BCUT2D eigenvalue weighted by Crippen LogP contribution is 2.42. The van der Waals surface area contributed by atoms with Crippen LogP contribution in [0, 0.1) is 29.6 Å². The minimum atomic E-state index is -0.520. The normalized spacial score (nSPS) is 38.6. The van der Waals surface area contributed by atoms with Gasteiger partial charge < -0.3 is 35.8 Å². The summed E-state index contributed by atoms with van der Waals surface area (Å²) < 4.78 is 13.5. The van der Waals surface area contributed by atoms with Crippen LogP contribution in [0.1, 0.15) is 111 Å². The molecule has 9 rings (SSSR count). The molecule has 5 aliphatic carbocycles. The van der Waals surface area contributed by atoms with E-state index in [4.69, 9.17) is 9.47 Å². The molecule has 0 aromatic carbocycles. The number of ether oxygens (including phenoxy) is 2. The van der Waals surface area contributed by atoms with Crippen LogP contribution >= 0.6 is 0 Å². The Labute approximate surface area is 335 Å². The number of aliphatic hydroxyl groups excluding tert-OH is 1. The maximum absolute atomic E-state index is 13.3. The molecule has 8 unspecified atom stereocenters. The van der Waals surface area contributed by atoms with Crippen molar-refractivity contribution in [3.63, 3.8) is 0 Å². The van der Waals surface area contributed by atoms with Crippen LogP contribution in [0.15, 0.2) is 46.3 Å². The van der Waals surface area contributed by atoms with Crippen molar-refractivity contribution in [2.45, 2.75) is 171 Å². The predicted molar refractivity (Wildman–Crippen MR) is 219 cm³/mol. The topological polar surface area (TPSA) is 110 Å². The van der Waals surface area contributed by atoms with Crippen LogP contribution in [0.25, 0.3) is 0 Å². The molecule has 10 nitrogen and oxygen atoms in total. The summed E-state index contributed by atoms with van der Waals surface area (Å²) in [7, 11) is 0. The average Bonchev–Trinajstić information content (AvgIpc) is 3.64. The van der Waals surface area contributed by atoms with Crippen molar-refractivity contribution >= 4 is 5.91 Å². The molecule has 4 aliphatic heterocycles. The maximum atomic E-state index is 13.3. The fourth-order valence-corrected chi connectivity index (χ4v) is 12.1. The number of carbonyl (C=O) groups excluding carboxylic acids is 1. The van der Waals surface area contributed by atoms with Gasteiger partial charge in [-0.1, -0.05) is 38.0 Å². The quantitative estimate of drug-likeness (QED) is 0.161. The number of aliphatic hydroxyl groups is 1. The number of fused-ring (bicyclic) bond motifs is 6. The minimum Gasteiger partial charge on any atom is -0.387 e. The molecular weight excluding hydrogens is 701 g/mol. The molecule has 0 aromatic heterocycles. The van der Waals surface area contributed by atoms with Crippen molar-refractivity contribution < 1.29 is 19.4 Å². The van der Waals surface area contributed by atoms with Crippen LogP contribution in [-0.4, -0.2) is 114 Å². The molecule has 9 aliphatic rings. The molecular formula is C46H68N6O4. The van der Waals surface area contributed by atoms with E-state index in [1.807, 2.05) is 6.92 Å². The summed E-state index contributed by atoms with van der Waals surface area (Å²) >= 11 is 0. The van der Waals surface area contributed by atoms with Gasteiger partial charge in [0.05, 0.1) is 31.5 Å². The van der Waals surface area contributed by atoms with Gasteiger partial charge >= 0.3 is 0 Å². The molecule has 2 saturated heterocycles. The third kappa shape index (κ3) is 8.28. The summed E-state index contributed by atoms with van der Waals surface area (Å²) in [6.45, 7) is 10.4. The average molecular weight is 769 g/mol. The van der Waals surface area contributed by atoms with Crippen molar-refractivity contribution in [1.82, 2.24) is 31.1 Å². The van der Waals surface area contributed by atoms with Crippen molar-refractivity contribution in [2.24, 2.45) is 17.8 Å². The van der Waals surface area contributed by atoms with Gasteiger partial charge in [0, 0.05) is 92.5 Å². The number of nitrogens with zero attached hydrogens (tertiary/aromatic N) is 2. The molecule has 0 bridgehead atoms. The first-order chi connectivity index (χ1) is 27.3. The fraction of sp³-hybridized carbons (Fsp3) is 0.761. The highest BCUT2D eigenvalue weighted by atomic mass is 16.5. The lowest BCUT2D eigenvalue weighted by Crippen LogP contribution is -2.49. The van der Waals surface area contributed by atoms with E-state index in [1.165, 1.54) is 41.8 Å². The van der Waals surface area contributed by atoms with E-state index in [1.54, 1.807) is 5.57 Å². The fourth-order valence-electron chi connectivity index (χ4n) is 12.1. The first-order valence-corrected chi connectivity index (χ1v) is 22.5. The van der Waals surface area contributed by atoms with E-state index in [0.29, 0.717) is 49.2 Å². The molecule has 0 aromatic rings. The van der Waals surface area contributed by atoms with Gasteiger partial charge in [0.25, 0.3) is 0 Å². The summed E-state index contributed by atoms with van der Waals surface area (Å²) in [6, 6.07) is 1.98. The van der Waals surface area contributed by atoms with Crippen LogP contribution in [0.4, 0.5) is 0 Å². The Hall–Kier alpha value is -2.65. The largest absolute Gasteiger partial charge is 0.387 e. The number of nitrogens with one attached hydrogen (secondary N) is 4. The predicted octanol–water partition coefficient (Wildman–Crippen LogP) is 4.63. The molecule has 306 valence electrons. The Morgan fingerprint density at radius 1 is 0.964 bits per heavy atom. The van der Waals surface area contributed by atoms with Gasteiger partial charge in [0.1, 0.15) is 6.23 Å². The van der Waals surface area contributed by atoms with Crippen molar-refractivity contribution in [2.75, 3.05) is 32.8 Å². The lowest BCUT2D eigenvalue weighted by atomic mass is 9.86. The van der Waals surface area contributed by atoms with Gasteiger partial charge in [-0.3, -0.25) is 14.6 Å². The maximum Gasteiger partial charge on any atom is 0.237 e. The molecule has 12 atom stereocenters. The Bertz CT molecular complexity index is 1660. The number of carbonyl (C=O) groups is 1. The smallest absolute Gasteiger partial charge is 0.237 e. The molecule has 4 heterocycles. The SMILES string of the molecule is CC(C)N[C@@H](C)C(=O)NC1C=C(COC2CCC3=C(C2)NC[C@H]2CC4C=CCCC4N2C3)CC(CO[C@H]2CCC3=C(C2)NC[C@@H]2CC4C#CCCC4N2C3O)C1. The molecule has 10 heteroatoms. The highest BCUT2D eigenvalue weighted by Gasteiger charge is 2.47. The zero-order valence-corrected chi connectivity index (χ0v) is 34.2. The van der Waals surface area contributed by atoms with Crippen molar-refractivity contribution in [1.29, 1.82) is 0 Å². The van der Waals surface area contributed by atoms with Crippen LogP contribution in [0.5, 0.6) is 0 Å². The van der Waals surface area contributed by atoms with E-state index < -0.39 is 6.23 Å². The van der Waals surface area contributed by atoms with E-state index in [0.717, 1.165) is 96.2 Å². The molecule has 2 fully saturated rings. The van der Waals surface area contributed by atoms with Gasteiger partial charge in [-0.05, 0) is 106 Å². The lowest BCUT2D eigenvalue weighted by Gasteiger charge is -2.36. The molecule has 0 saturated carbocycles. The van der Waals surface area contributed by atoms with E-state index in [-0.39, 0.29) is 36.2 Å². The number of amides is 1. The molecule has 5 N–H and O–H groups in total. The third-order valence-electron chi connectivity index (χ3n) is 14.8. The van der Waals surface area contributed by atoms with Gasteiger partial charge in [-0.2, -0.15) is 0 Å². The highest BCUT2D eigenvalue weighted by molar-refractivity contribution is 5.81. The van der Waals surface area contributed by atoms with Crippen molar-refractivity contribution in [3.05, 3.63) is 46.3 Å². The van der Waals surface area contributed by atoms with Crippen molar-refractivity contribution in [3.8, 4) is 11.8 Å². The molecule has 1 amide bonds. The zero-order valence-electron chi connectivity index (χ0n) is 34.2. The first kappa shape index (κ1) is 38.8. The first-order valence-electron chi connectivity index (χ1n) is 22.5. The Balaban J connectivity index is 0.812. The van der Waals surface area contributed by atoms with Crippen LogP contribution in [0.2, 0.25) is 0 Å². The number of rotatable bonds is 10. The summed E-state index contributed by atoms with van der Waals surface area (Å²) in [4.78, 5) is 18.5. The standard InChI is InChI=1S/C46H68N6O4/c1-28(2)49-29(3)45(53)50-35-17-30(26-55-38-13-12-34-25-51-36(23-47-41(34)21-38)19-32-8-4-6-10-43(32)51)16-31(18-35)27-56-39-14-15-40-42(22-39)48-24-37-20-33-9-5-7-11-44(33)52(37)46(40)54/h4,8,17,28-29,31-33,35-39,43-44,46-49,54H,6-7,10-16,18-27H2,1-3H3,(H,50,53)/t29-,31?,32?,33?,35?,36+,37-,38?,39-,43?,44?,46?/m0/s1. The van der Waals surface area contributed by atoms with Crippen LogP contribution < -0.4 is 21.3 Å². The van der Waals surface area contributed by atoms with Gasteiger partial charge in [0.15, 0.2) is 0 Å².